The predicted octanol–water partition coefficient (Wildman–Crippen LogP) is 23.5. The molecule has 2 unspecified atom stereocenters. The van der Waals surface area contributed by atoms with Gasteiger partial charge in [0.05, 0.1) is 25.4 Å². The van der Waals surface area contributed by atoms with E-state index in [1.807, 2.05) is 0 Å². The lowest BCUT2D eigenvalue weighted by Gasteiger charge is -2.22. The number of aliphatic hydroxyl groups excluding tert-OH is 2. The van der Waals surface area contributed by atoms with Crippen LogP contribution in [0.5, 0.6) is 0 Å². The number of ether oxygens (including phenoxy) is 1. The first-order chi connectivity index (χ1) is 39.5. The zero-order valence-corrected chi connectivity index (χ0v) is 54.1. The number of carbonyl (C=O) groups is 2. The number of amides is 1. The summed E-state index contributed by atoms with van der Waals surface area (Å²) in [6, 6.07) is -0.537. The minimum Gasteiger partial charge on any atom is -0.466 e. The van der Waals surface area contributed by atoms with Gasteiger partial charge in [0, 0.05) is 12.8 Å². The molecule has 0 saturated heterocycles. The number of carbonyl (C=O) groups excluding carboxylic acids is 2. The Morgan fingerprint density at radius 1 is 0.350 bits per heavy atom. The highest BCUT2D eigenvalue weighted by Gasteiger charge is 2.20. The van der Waals surface area contributed by atoms with Crippen molar-refractivity contribution in [3.05, 3.63) is 36.5 Å². The molecule has 2 atom stereocenters. The van der Waals surface area contributed by atoms with Gasteiger partial charge < -0.3 is 20.3 Å². The van der Waals surface area contributed by atoms with Gasteiger partial charge in [-0.1, -0.05) is 346 Å². The van der Waals surface area contributed by atoms with Gasteiger partial charge in [0.25, 0.3) is 0 Å². The summed E-state index contributed by atoms with van der Waals surface area (Å²) in [6.07, 6.45) is 89.4. The Hall–Kier alpha value is -1.92. The fraction of sp³-hybridized carbons (Fsp3) is 0.892. The highest BCUT2D eigenvalue weighted by atomic mass is 16.5. The normalized spacial score (nSPS) is 12.7. The summed E-state index contributed by atoms with van der Waals surface area (Å²) in [6.45, 7) is 4.93. The van der Waals surface area contributed by atoms with Gasteiger partial charge in [-0.3, -0.25) is 9.59 Å². The molecular weight excluding hydrogens is 983 g/mol. The number of rotatable bonds is 68. The Morgan fingerprint density at radius 3 is 1.00 bits per heavy atom. The Labute approximate surface area is 500 Å². The number of nitrogens with one attached hydrogen (secondary N) is 1. The minimum atomic E-state index is -0.660. The molecule has 0 aromatic carbocycles. The molecule has 0 fully saturated rings. The van der Waals surface area contributed by atoms with Gasteiger partial charge >= 0.3 is 5.97 Å². The van der Waals surface area contributed by atoms with Crippen LogP contribution in [-0.2, 0) is 14.3 Å². The van der Waals surface area contributed by atoms with E-state index in [2.05, 4.69) is 55.6 Å². The van der Waals surface area contributed by atoms with Crippen molar-refractivity contribution in [1.82, 2.24) is 5.32 Å². The van der Waals surface area contributed by atoms with E-state index in [4.69, 9.17) is 4.74 Å². The van der Waals surface area contributed by atoms with Crippen LogP contribution >= 0.6 is 0 Å². The highest BCUT2D eigenvalue weighted by Crippen LogP contribution is 2.19. The standard InChI is InChI=1S/C74H141NO5/c1-3-5-7-9-11-13-15-17-44-48-52-56-60-64-68-74(79)80-69-65-61-57-53-49-45-42-40-38-36-34-32-30-28-26-24-22-20-18-19-21-23-25-27-29-31-33-35-37-39-41-43-47-51-55-59-63-67-73(78)75-71(70-76)72(77)66-62-58-54-50-46-16-14-12-10-8-6-4-2/h9,11,15,17-18,20,71-72,76-77H,3-8,10,12-14,16,19,21-70H2,1-2H3,(H,75,78)/b11-9-,17-15-,20-18-. The van der Waals surface area contributed by atoms with Crippen molar-refractivity contribution in [3.8, 4) is 0 Å². The summed E-state index contributed by atoms with van der Waals surface area (Å²) >= 11 is 0. The van der Waals surface area contributed by atoms with Crippen molar-refractivity contribution >= 4 is 11.9 Å². The molecule has 0 aliphatic carbocycles. The minimum absolute atomic E-state index is 0.00698. The van der Waals surface area contributed by atoms with E-state index >= 15 is 0 Å². The first kappa shape index (κ1) is 78.1. The quantitative estimate of drug-likeness (QED) is 0.0320. The van der Waals surface area contributed by atoms with Gasteiger partial charge in [-0.05, 0) is 77.0 Å². The molecular formula is C74H141NO5. The Balaban J connectivity index is 3.32. The number of aliphatic hydroxyl groups is 2. The molecule has 80 heavy (non-hydrogen) atoms. The molecule has 0 aliphatic heterocycles. The average molecular weight is 1120 g/mol. The Kier molecular flexibility index (Phi) is 67.9. The molecule has 472 valence electrons. The monoisotopic (exact) mass is 1120 g/mol. The van der Waals surface area contributed by atoms with E-state index < -0.39 is 12.1 Å². The summed E-state index contributed by atoms with van der Waals surface area (Å²) in [5.74, 6) is -0.0226. The van der Waals surface area contributed by atoms with E-state index in [9.17, 15) is 19.8 Å². The summed E-state index contributed by atoms with van der Waals surface area (Å²) in [4.78, 5) is 24.5. The van der Waals surface area contributed by atoms with Crippen molar-refractivity contribution < 1.29 is 24.5 Å². The van der Waals surface area contributed by atoms with Crippen molar-refractivity contribution in [2.24, 2.45) is 0 Å². The second-order valence-corrected chi connectivity index (χ2v) is 24.9. The van der Waals surface area contributed by atoms with Crippen molar-refractivity contribution in [2.45, 2.75) is 411 Å². The van der Waals surface area contributed by atoms with Crippen LogP contribution < -0.4 is 5.32 Å². The number of hydrogen-bond donors (Lipinski definition) is 3. The molecule has 0 aromatic heterocycles. The first-order valence-corrected chi connectivity index (χ1v) is 36.2. The van der Waals surface area contributed by atoms with Gasteiger partial charge in [-0.25, -0.2) is 0 Å². The second kappa shape index (κ2) is 69.6. The molecule has 0 radical (unpaired) electrons. The molecule has 0 rings (SSSR count). The van der Waals surface area contributed by atoms with Gasteiger partial charge in [0.1, 0.15) is 0 Å². The van der Waals surface area contributed by atoms with Crippen LogP contribution in [-0.4, -0.2) is 47.4 Å². The third-order valence-electron chi connectivity index (χ3n) is 16.9. The fourth-order valence-electron chi connectivity index (χ4n) is 11.4. The number of unbranched alkanes of at least 4 members (excludes halogenated alkanes) is 51. The average Bonchev–Trinajstić information content (AvgIpc) is 3.46. The van der Waals surface area contributed by atoms with E-state index in [-0.39, 0.29) is 18.5 Å². The summed E-state index contributed by atoms with van der Waals surface area (Å²) in [5, 5.41) is 23.3. The van der Waals surface area contributed by atoms with Gasteiger partial charge in [-0.15, -0.1) is 0 Å². The van der Waals surface area contributed by atoms with Gasteiger partial charge in [-0.2, -0.15) is 0 Å². The van der Waals surface area contributed by atoms with Gasteiger partial charge in [0.2, 0.25) is 5.91 Å². The summed E-state index contributed by atoms with van der Waals surface area (Å²) in [7, 11) is 0. The largest absolute Gasteiger partial charge is 0.466 e. The molecule has 0 saturated carbocycles. The topological polar surface area (TPSA) is 95.9 Å². The maximum absolute atomic E-state index is 12.5. The van der Waals surface area contributed by atoms with Crippen LogP contribution in [0.2, 0.25) is 0 Å². The van der Waals surface area contributed by atoms with Crippen molar-refractivity contribution in [2.75, 3.05) is 13.2 Å². The second-order valence-electron chi connectivity index (χ2n) is 24.9. The van der Waals surface area contributed by atoms with Crippen LogP contribution in [0.25, 0.3) is 0 Å². The lowest BCUT2D eigenvalue weighted by molar-refractivity contribution is -0.143. The third kappa shape index (κ3) is 65.2. The molecule has 6 heteroatoms. The van der Waals surface area contributed by atoms with Crippen LogP contribution in [0.3, 0.4) is 0 Å². The summed E-state index contributed by atoms with van der Waals surface area (Å²) < 4.78 is 5.48. The van der Waals surface area contributed by atoms with Crippen LogP contribution in [0.15, 0.2) is 36.5 Å². The third-order valence-corrected chi connectivity index (χ3v) is 16.9. The maximum Gasteiger partial charge on any atom is 0.305 e. The molecule has 0 aromatic rings. The number of allylic oxidation sites excluding steroid dienone is 6. The number of hydrogen-bond acceptors (Lipinski definition) is 5. The van der Waals surface area contributed by atoms with E-state index in [1.165, 1.54) is 315 Å². The van der Waals surface area contributed by atoms with Crippen LogP contribution in [0.4, 0.5) is 0 Å². The lowest BCUT2D eigenvalue weighted by atomic mass is 10.0. The van der Waals surface area contributed by atoms with E-state index in [0.717, 1.165) is 51.4 Å². The molecule has 0 heterocycles. The molecule has 0 spiro atoms. The summed E-state index contributed by atoms with van der Waals surface area (Å²) in [5.41, 5.74) is 0. The van der Waals surface area contributed by atoms with Crippen LogP contribution in [0.1, 0.15) is 399 Å². The highest BCUT2D eigenvalue weighted by molar-refractivity contribution is 5.76. The van der Waals surface area contributed by atoms with Crippen molar-refractivity contribution in [1.29, 1.82) is 0 Å². The zero-order chi connectivity index (χ0) is 57.8. The van der Waals surface area contributed by atoms with Crippen molar-refractivity contribution in [3.63, 3.8) is 0 Å². The molecule has 0 aliphatic rings. The molecule has 6 nitrogen and oxygen atoms in total. The van der Waals surface area contributed by atoms with E-state index in [1.54, 1.807) is 0 Å². The fourth-order valence-corrected chi connectivity index (χ4v) is 11.4. The van der Waals surface area contributed by atoms with Crippen LogP contribution in [0, 0.1) is 0 Å². The predicted molar refractivity (Wildman–Crippen MR) is 352 cm³/mol. The van der Waals surface area contributed by atoms with Gasteiger partial charge in [0.15, 0.2) is 0 Å². The first-order valence-electron chi connectivity index (χ1n) is 36.2. The molecule has 3 N–H and O–H groups in total. The van der Waals surface area contributed by atoms with E-state index in [0.29, 0.717) is 25.9 Å². The Morgan fingerprint density at radius 2 is 0.637 bits per heavy atom. The lowest BCUT2D eigenvalue weighted by Crippen LogP contribution is -2.45. The smallest absolute Gasteiger partial charge is 0.305 e. The molecule has 0 bridgehead atoms. The zero-order valence-electron chi connectivity index (χ0n) is 54.1. The number of esters is 1. The Bertz CT molecular complexity index is 1300. The SMILES string of the molecule is CCCC/C=C\C/C=C\CCCCCCCC(=O)OCCCCCCCCCCCCCCCCCC/C=C\CCCCCCCCCCCCCCCCCCCC(=O)NC(CO)C(O)CCCCCCCCCCCCCC. The molecule has 1 amide bonds. The maximum atomic E-state index is 12.5.